The van der Waals surface area contributed by atoms with E-state index in [9.17, 15) is 14.4 Å². The Bertz CT molecular complexity index is 891. The summed E-state index contributed by atoms with van der Waals surface area (Å²) < 4.78 is 16.6. The number of hydrogen-bond acceptors (Lipinski definition) is 6. The van der Waals surface area contributed by atoms with Crippen LogP contribution in [0.4, 0.5) is 0 Å². The molecule has 0 saturated carbocycles. The summed E-state index contributed by atoms with van der Waals surface area (Å²) in [5.74, 6) is -0.920. The molecule has 0 aliphatic heterocycles. The lowest BCUT2D eigenvalue weighted by atomic mass is 10.0. The van der Waals surface area contributed by atoms with E-state index in [0.29, 0.717) is 19.3 Å². The molecule has 0 saturated heterocycles. The Labute approximate surface area is 321 Å². The molecule has 0 aromatic carbocycles. The molecule has 0 fully saturated rings. The fourth-order valence-electron chi connectivity index (χ4n) is 6.10. The summed E-state index contributed by atoms with van der Waals surface area (Å²) in [5, 5.41) is 0. The van der Waals surface area contributed by atoms with Gasteiger partial charge >= 0.3 is 17.9 Å². The molecule has 1 atom stereocenters. The van der Waals surface area contributed by atoms with Gasteiger partial charge in [-0.25, -0.2) is 0 Å². The van der Waals surface area contributed by atoms with E-state index >= 15 is 0 Å². The van der Waals surface area contributed by atoms with Crippen LogP contribution in [0.25, 0.3) is 0 Å². The van der Waals surface area contributed by atoms with Crippen LogP contribution in [-0.2, 0) is 28.6 Å². The number of ether oxygens (including phenoxy) is 3. The number of carbonyl (C=O) groups excluding carboxylic acids is 3. The minimum absolute atomic E-state index is 0.0816. The second kappa shape index (κ2) is 41.4. The van der Waals surface area contributed by atoms with Gasteiger partial charge in [0, 0.05) is 19.3 Å². The molecule has 0 heterocycles. The van der Waals surface area contributed by atoms with Crippen LogP contribution in [0, 0.1) is 0 Å². The molecule has 0 rings (SSSR count). The van der Waals surface area contributed by atoms with Gasteiger partial charge in [-0.3, -0.25) is 14.4 Å². The molecule has 302 valence electrons. The maximum absolute atomic E-state index is 12.6. The first-order chi connectivity index (χ1) is 25.5. The SMILES string of the molecule is CC/C=C\C/C=C\C/C=C\CCCCCC(=O)OC(COC(=O)CCCCCCCC)COC(=O)CCCCCCCCCCCCCCCCC. The second-order valence-corrected chi connectivity index (χ2v) is 14.6. The molecule has 0 amide bonds. The van der Waals surface area contributed by atoms with Crippen molar-refractivity contribution in [3.05, 3.63) is 36.5 Å². The standard InChI is InChI=1S/C46H82O6/c1-4-7-10-13-16-18-20-22-23-25-26-28-30-33-36-39-45(48)51-42-43(41-50-44(47)38-35-32-15-12-9-6-3)52-46(49)40-37-34-31-29-27-24-21-19-17-14-11-8-5-2/h8,11,17,19,24,27,43H,4-7,9-10,12-16,18,20-23,25-26,28-42H2,1-3H3/b11-8-,19-17-,27-24-. The Morgan fingerprint density at radius 1 is 0.404 bits per heavy atom. The van der Waals surface area contributed by atoms with E-state index in [1.54, 1.807) is 0 Å². The highest BCUT2D eigenvalue weighted by Gasteiger charge is 2.19. The summed E-state index contributed by atoms with van der Waals surface area (Å²) in [4.78, 5) is 37.5. The van der Waals surface area contributed by atoms with Crippen molar-refractivity contribution in [2.24, 2.45) is 0 Å². The largest absolute Gasteiger partial charge is 0.462 e. The Morgan fingerprint density at radius 3 is 1.17 bits per heavy atom. The van der Waals surface area contributed by atoms with Crippen molar-refractivity contribution in [1.82, 2.24) is 0 Å². The molecule has 6 heteroatoms. The van der Waals surface area contributed by atoms with Gasteiger partial charge < -0.3 is 14.2 Å². The average molecular weight is 731 g/mol. The fraction of sp³-hybridized carbons (Fsp3) is 0.804. The van der Waals surface area contributed by atoms with Gasteiger partial charge in [0.05, 0.1) is 0 Å². The zero-order valence-electron chi connectivity index (χ0n) is 34.3. The normalized spacial score (nSPS) is 12.3. The van der Waals surface area contributed by atoms with Gasteiger partial charge in [-0.15, -0.1) is 0 Å². The smallest absolute Gasteiger partial charge is 0.306 e. The quantitative estimate of drug-likeness (QED) is 0.0271. The number of rotatable bonds is 39. The Balaban J connectivity index is 4.30. The highest BCUT2D eigenvalue weighted by molar-refractivity contribution is 5.71. The second-order valence-electron chi connectivity index (χ2n) is 14.6. The molecule has 0 spiro atoms. The van der Waals surface area contributed by atoms with Gasteiger partial charge in [0.1, 0.15) is 13.2 Å². The summed E-state index contributed by atoms with van der Waals surface area (Å²) in [6.07, 6.45) is 45.8. The molecule has 0 aliphatic carbocycles. The Morgan fingerprint density at radius 2 is 0.750 bits per heavy atom. The zero-order chi connectivity index (χ0) is 38.0. The van der Waals surface area contributed by atoms with E-state index in [4.69, 9.17) is 14.2 Å². The van der Waals surface area contributed by atoms with Gasteiger partial charge in [-0.1, -0.05) is 186 Å². The molecule has 6 nitrogen and oxygen atoms in total. The minimum Gasteiger partial charge on any atom is -0.462 e. The van der Waals surface area contributed by atoms with Crippen molar-refractivity contribution < 1.29 is 28.6 Å². The number of unbranched alkanes of at least 4 members (excludes halogenated alkanes) is 22. The average Bonchev–Trinajstić information content (AvgIpc) is 3.14. The van der Waals surface area contributed by atoms with Gasteiger partial charge in [-0.2, -0.15) is 0 Å². The van der Waals surface area contributed by atoms with Crippen molar-refractivity contribution in [1.29, 1.82) is 0 Å². The molecule has 0 bridgehead atoms. The molecule has 0 aromatic rings. The van der Waals surface area contributed by atoms with Crippen LogP contribution in [-0.4, -0.2) is 37.2 Å². The van der Waals surface area contributed by atoms with Crippen LogP contribution in [0.15, 0.2) is 36.5 Å². The Kier molecular flexibility index (Phi) is 39.5. The number of esters is 3. The minimum atomic E-state index is -0.778. The summed E-state index contributed by atoms with van der Waals surface area (Å²) in [6, 6.07) is 0. The maximum Gasteiger partial charge on any atom is 0.306 e. The first-order valence-corrected chi connectivity index (χ1v) is 22.0. The van der Waals surface area contributed by atoms with E-state index in [2.05, 4.69) is 57.2 Å². The number of hydrogen-bond donors (Lipinski definition) is 0. The van der Waals surface area contributed by atoms with Crippen molar-refractivity contribution in [3.63, 3.8) is 0 Å². The lowest BCUT2D eigenvalue weighted by Gasteiger charge is -2.18. The van der Waals surface area contributed by atoms with Crippen LogP contribution in [0.5, 0.6) is 0 Å². The Hall–Kier alpha value is -2.37. The van der Waals surface area contributed by atoms with Crippen LogP contribution in [0.3, 0.4) is 0 Å². The monoisotopic (exact) mass is 731 g/mol. The van der Waals surface area contributed by atoms with Gasteiger partial charge in [0.25, 0.3) is 0 Å². The van der Waals surface area contributed by atoms with Crippen molar-refractivity contribution in [2.75, 3.05) is 13.2 Å². The summed E-state index contributed by atoms with van der Waals surface area (Å²) in [6.45, 7) is 6.43. The van der Waals surface area contributed by atoms with Crippen LogP contribution in [0.2, 0.25) is 0 Å². The lowest BCUT2D eigenvalue weighted by molar-refractivity contribution is -0.167. The van der Waals surface area contributed by atoms with Gasteiger partial charge in [-0.05, 0) is 51.4 Å². The zero-order valence-corrected chi connectivity index (χ0v) is 34.3. The van der Waals surface area contributed by atoms with Gasteiger partial charge in [0.15, 0.2) is 6.10 Å². The van der Waals surface area contributed by atoms with E-state index in [1.807, 2.05) is 0 Å². The van der Waals surface area contributed by atoms with E-state index < -0.39 is 6.10 Å². The topological polar surface area (TPSA) is 78.9 Å². The predicted octanol–water partition coefficient (Wildman–Crippen LogP) is 13.8. The van der Waals surface area contributed by atoms with Gasteiger partial charge in [0.2, 0.25) is 0 Å². The van der Waals surface area contributed by atoms with E-state index in [0.717, 1.165) is 83.5 Å². The highest BCUT2D eigenvalue weighted by atomic mass is 16.6. The fourth-order valence-corrected chi connectivity index (χ4v) is 6.10. The first kappa shape index (κ1) is 49.6. The van der Waals surface area contributed by atoms with Crippen LogP contribution >= 0.6 is 0 Å². The lowest BCUT2D eigenvalue weighted by Crippen LogP contribution is -2.30. The summed E-state index contributed by atoms with van der Waals surface area (Å²) >= 11 is 0. The summed E-state index contributed by atoms with van der Waals surface area (Å²) in [7, 11) is 0. The molecule has 1 unspecified atom stereocenters. The number of allylic oxidation sites excluding steroid dienone is 6. The van der Waals surface area contributed by atoms with E-state index in [1.165, 1.54) is 96.3 Å². The van der Waals surface area contributed by atoms with E-state index in [-0.39, 0.29) is 31.1 Å². The number of carbonyl (C=O) groups is 3. The third-order valence-electron chi connectivity index (χ3n) is 9.41. The van der Waals surface area contributed by atoms with Crippen molar-refractivity contribution in [2.45, 2.75) is 226 Å². The third-order valence-corrected chi connectivity index (χ3v) is 9.41. The molecule has 0 aromatic heterocycles. The molecule has 0 aliphatic rings. The molecule has 0 N–H and O–H groups in total. The van der Waals surface area contributed by atoms with Crippen LogP contribution < -0.4 is 0 Å². The van der Waals surface area contributed by atoms with Crippen molar-refractivity contribution in [3.8, 4) is 0 Å². The predicted molar refractivity (Wildman–Crippen MR) is 219 cm³/mol. The maximum atomic E-state index is 12.6. The first-order valence-electron chi connectivity index (χ1n) is 22.0. The molecular weight excluding hydrogens is 648 g/mol. The van der Waals surface area contributed by atoms with Crippen molar-refractivity contribution >= 4 is 17.9 Å². The highest BCUT2D eigenvalue weighted by Crippen LogP contribution is 2.15. The summed E-state index contributed by atoms with van der Waals surface area (Å²) in [5.41, 5.74) is 0. The molecular formula is C46H82O6. The van der Waals surface area contributed by atoms with Crippen LogP contribution in [0.1, 0.15) is 220 Å². The molecule has 0 radical (unpaired) electrons. The molecule has 52 heavy (non-hydrogen) atoms. The third kappa shape index (κ3) is 38.9.